The first-order valence-corrected chi connectivity index (χ1v) is 20.2. The maximum atomic E-state index is 5.69. The van der Waals surface area contributed by atoms with Crippen molar-refractivity contribution in [3.63, 3.8) is 0 Å². The third kappa shape index (κ3) is 5.43. The minimum Gasteiger partial charge on any atom is -0.405 e. The lowest BCUT2D eigenvalue weighted by Crippen LogP contribution is -2.25. The zero-order valence-corrected chi connectivity index (χ0v) is 32.6. The quantitative estimate of drug-likeness (QED) is 0.172. The average Bonchev–Trinajstić information content (AvgIpc) is 3.77. The highest BCUT2D eigenvalue weighted by atomic mass is 14.9. The minimum atomic E-state index is -0.455. The molecule has 0 atom stereocenters. The van der Waals surface area contributed by atoms with E-state index in [-0.39, 0.29) is 0 Å². The van der Waals surface area contributed by atoms with Crippen molar-refractivity contribution in [2.45, 2.75) is 12.3 Å². The predicted octanol–water partition coefficient (Wildman–Crippen LogP) is 13.5. The minimum absolute atomic E-state index is 0.455. The summed E-state index contributed by atoms with van der Waals surface area (Å²) < 4.78 is 0. The van der Waals surface area contributed by atoms with Crippen molar-refractivity contribution in [3.05, 3.63) is 234 Å². The predicted molar refractivity (Wildman–Crippen MR) is 245 cm³/mol. The topological polar surface area (TPSA) is 51.8 Å². The van der Waals surface area contributed by atoms with E-state index in [9.17, 15) is 0 Å². The second kappa shape index (κ2) is 13.8. The normalized spacial score (nSPS) is 13.4. The van der Waals surface area contributed by atoms with E-state index in [1.54, 1.807) is 6.20 Å². The molecule has 2 N–H and O–H groups in total. The molecule has 8 aromatic carbocycles. The Kier molecular flexibility index (Phi) is 8.09. The van der Waals surface area contributed by atoms with Crippen LogP contribution in [0.2, 0.25) is 0 Å². The third-order valence-corrected chi connectivity index (χ3v) is 12.3. The summed E-state index contributed by atoms with van der Waals surface area (Å²) in [5.74, 6) is 0.688. The molecule has 3 heteroatoms. The van der Waals surface area contributed by atoms with E-state index in [1.165, 1.54) is 66.4 Å². The monoisotopic (exact) mass is 753 g/mol. The van der Waals surface area contributed by atoms with Crippen molar-refractivity contribution in [2.75, 3.05) is 0 Å². The molecule has 11 rings (SSSR count). The van der Waals surface area contributed by atoms with Crippen molar-refractivity contribution in [2.24, 2.45) is 5.73 Å². The summed E-state index contributed by atoms with van der Waals surface area (Å²) in [6.07, 6.45) is 5.46. The van der Waals surface area contributed by atoms with Crippen molar-refractivity contribution >= 4 is 16.3 Å². The molecule has 0 bridgehead atoms. The number of aromatic nitrogens is 2. The Labute approximate surface area is 344 Å². The highest BCUT2D eigenvalue weighted by molar-refractivity contribution is 5.98. The van der Waals surface area contributed by atoms with Crippen molar-refractivity contribution in [1.29, 1.82) is 0 Å². The summed E-state index contributed by atoms with van der Waals surface area (Å²) in [6.45, 7) is 2.10. The van der Waals surface area contributed by atoms with Gasteiger partial charge >= 0.3 is 0 Å². The molecule has 0 aliphatic heterocycles. The number of nitrogens with zero attached hydrogens (tertiary/aromatic N) is 2. The summed E-state index contributed by atoms with van der Waals surface area (Å²) in [6, 6.07) is 68.2. The first-order valence-electron chi connectivity index (χ1n) is 20.2. The number of fused-ring (bicyclic) bond motifs is 11. The van der Waals surface area contributed by atoms with E-state index >= 15 is 0 Å². The number of nitrogens with two attached hydrogens (primary N) is 1. The smallest absolute Gasteiger partial charge is 0.160 e. The standard InChI is InChI=1S/C56H39N3/c1-36(13-12-32-57)40-16-10-17-41(33-40)54-35-53(39-28-26-38(27-29-39)44-22-11-15-37-14-2-3-18-43(37)44)58-55(59-54)42-30-31-48-47-21-6-9-25-51(47)56(52(48)34-42)49-23-7-4-19-45(49)46-20-5-8-24-50(46)56/h2-35H,57H2,1H3/b32-12-,36-13+. The maximum Gasteiger partial charge on any atom is 0.160 e. The van der Waals surface area contributed by atoms with Crippen LogP contribution in [0.1, 0.15) is 34.7 Å². The van der Waals surface area contributed by atoms with Gasteiger partial charge in [-0.25, -0.2) is 9.97 Å². The van der Waals surface area contributed by atoms with Gasteiger partial charge in [0, 0.05) is 16.7 Å². The first kappa shape index (κ1) is 34.6. The van der Waals surface area contributed by atoms with Crippen LogP contribution in [-0.2, 0) is 5.41 Å². The van der Waals surface area contributed by atoms with Crippen molar-refractivity contribution < 1.29 is 0 Å². The van der Waals surface area contributed by atoms with Gasteiger partial charge in [0.1, 0.15) is 0 Å². The molecule has 1 spiro atoms. The lowest BCUT2D eigenvalue weighted by Gasteiger charge is -2.30. The zero-order valence-electron chi connectivity index (χ0n) is 32.6. The lowest BCUT2D eigenvalue weighted by molar-refractivity contribution is 0.794. The number of hydrogen-bond donors (Lipinski definition) is 1. The average molecular weight is 754 g/mol. The van der Waals surface area contributed by atoms with Gasteiger partial charge in [-0.05, 0) is 115 Å². The molecule has 0 radical (unpaired) electrons. The molecular formula is C56H39N3. The van der Waals surface area contributed by atoms with Crippen LogP contribution in [0.3, 0.4) is 0 Å². The fourth-order valence-corrected chi connectivity index (χ4v) is 9.62. The maximum absolute atomic E-state index is 5.69. The molecule has 2 aliphatic rings. The van der Waals surface area contributed by atoms with E-state index < -0.39 is 5.41 Å². The van der Waals surface area contributed by atoms with Gasteiger partial charge in [-0.3, -0.25) is 0 Å². The van der Waals surface area contributed by atoms with Crippen molar-refractivity contribution in [3.8, 4) is 67.3 Å². The molecule has 1 heterocycles. The van der Waals surface area contributed by atoms with Crippen LogP contribution in [-0.4, -0.2) is 9.97 Å². The van der Waals surface area contributed by atoms with E-state index in [1.807, 2.05) is 12.2 Å². The van der Waals surface area contributed by atoms with Crippen LogP contribution in [0.15, 0.2) is 206 Å². The number of rotatable bonds is 6. The molecule has 1 aromatic heterocycles. The lowest BCUT2D eigenvalue weighted by atomic mass is 9.70. The van der Waals surface area contributed by atoms with Crippen LogP contribution in [0.25, 0.3) is 83.6 Å². The Morgan fingerprint density at radius 3 is 1.69 bits per heavy atom. The highest BCUT2D eigenvalue weighted by Gasteiger charge is 2.51. The molecule has 9 aromatic rings. The van der Waals surface area contributed by atoms with E-state index in [4.69, 9.17) is 15.7 Å². The Balaban J connectivity index is 1.10. The van der Waals surface area contributed by atoms with Crippen LogP contribution < -0.4 is 5.73 Å². The van der Waals surface area contributed by atoms with Gasteiger partial charge in [-0.15, -0.1) is 0 Å². The van der Waals surface area contributed by atoms with Gasteiger partial charge in [0.15, 0.2) is 5.82 Å². The van der Waals surface area contributed by atoms with Crippen LogP contribution in [0, 0.1) is 0 Å². The molecule has 278 valence electrons. The molecule has 0 saturated carbocycles. The van der Waals surface area contributed by atoms with Gasteiger partial charge in [-0.1, -0.05) is 176 Å². The number of hydrogen-bond acceptors (Lipinski definition) is 3. The van der Waals surface area contributed by atoms with Gasteiger partial charge in [0.25, 0.3) is 0 Å². The Morgan fingerprint density at radius 1 is 0.458 bits per heavy atom. The summed E-state index contributed by atoms with van der Waals surface area (Å²) in [7, 11) is 0. The summed E-state index contributed by atoms with van der Waals surface area (Å²) in [4.78, 5) is 10.8. The second-order valence-corrected chi connectivity index (χ2v) is 15.5. The largest absolute Gasteiger partial charge is 0.405 e. The van der Waals surface area contributed by atoms with Gasteiger partial charge in [0.2, 0.25) is 0 Å². The molecule has 0 unspecified atom stereocenters. The molecule has 0 saturated heterocycles. The van der Waals surface area contributed by atoms with Gasteiger partial charge in [-0.2, -0.15) is 0 Å². The summed E-state index contributed by atoms with van der Waals surface area (Å²) in [5.41, 5.74) is 24.9. The fourth-order valence-electron chi connectivity index (χ4n) is 9.62. The van der Waals surface area contributed by atoms with Crippen LogP contribution in [0.4, 0.5) is 0 Å². The first-order chi connectivity index (χ1) is 29.1. The van der Waals surface area contributed by atoms with Crippen LogP contribution >= 0.6 is 0 Å². The van der Waals surface area contributed by atoms with Crippen molar-refractivity contribution in [1.82, 2.24) is 9.97 Å². The summed E-state index contributed by atoms with van der Waals surface area (Å²) >= 11 is 0. The molecule has 0 amide bonds. The molecular weight excluding hydrogens is 715 g/mol. The molecule has 2 aliphatic carbocycles. The zero-order chi connectivity index (χ0) is 39.5. The molecule has 3 nitrogen and oxygen atoms in total. The van der Waals surface area contributed by atoms with Gasteiger partial charge < -0.3 is 5.73 Å². The van der Waals surface area contributed by atoms with Crippen LogP contribution in [0.5, 0.6) is 0 Å². The molecule has 0 fully saturated rings. The Morgan fingerprint density at radius 2 is 1.00 bits per heavy atom. The fraction of sp³-hybridized carbons (Fsp3) is 0.0357. The second-order valence-electron chi connectivity index (χ2n) is 15.5. The Hall–Kier alpha value is -7.62. The summed E-state index contributed by atoms with van der Waals surface area (Å²) in [5, 5.41) is 2.47. The molecule has 59 heavy (non-hydrogen) atoms. The number of allylic oxidation sites excluding steroid dienone is 3. The van der Waals surface area contributed by atoms with E-state index in [0.29, 0.717) is 5.82 Å². The number of benzene rings is 8. The SMILES string of the molecule is C/C(=C\C=C/N)c1cccc(-c2cc(-c3ccc(-c4cccc5ccccc45)cc3)nc(-c3ccc4c(c3)C3(c5ccccc5-c5ccccc53)c3ccccc3-4)n2)c1. The Bertz CT molecular complexity index is 3120. The third-order valence-electron chi connectivity index (χ3n) is 12.3. The van der Waals surface area contributed by atoms with E-state index in [2.05, 4.69) is 195 Å². The van der Waals surface area contributed by atoms with Gasteiger partial charge in [0.05, 0.1) is 16.8 Å². The van der Waals surface area contributed by atoms with E-state index in [0.717, 1.165) is 39.2 Å². The highest BCUT2D eigenvalue weighted by Crippen LogP contribution is 2.63.